The van der Waals surface area contributed by atoms with Gasteiger partial charge in [0.05, 0.1) is 4.92 Å². The van der Waals surface area contributed by atoms with Gasteiger partial charge >= 0.3 is 5.69 Å². The largest absolute Gasteiger partial charge is 0.364 e. The van der Waals surface area contributed by atoms with Crippen LogP contribution in [0, 0.1) is 16.0 Å². The van der Waals surface area contributed by atoms with E-state index < -0.39 is 4.92 Å². The standard InChI is InChI=1S/C13H23N5O2/c1-5-14-12-11(18(19)20)13(16-8-15-12)17-10(4)7-6-9(2)3/h8-10H,5-7H2,1-4H3,(H2,14,15,16,17). The molecule has 0 saturated heterocycles. The predicted octanol–water partition coefficient (Wildman–Crippen LogP) is 3.05. The van der Waals surface area contributed by atoms with E-state index in [1.165, 1.54) is 6.33 Å². The van der Waals surface area contributed by atoms with E-state index in [4.69, 9.17) is 0 Å². The Morgan fingerprint density at radius 2 is 1.90 bits per heavy atom. The van der Waals surface area contributed by atoms with E-state index in [9.17, 15) is 10.1 Å². The normalized spacial score (nSPS) is 12.2. The molecule has 0 aliphatic rings. The van der Waals surface area contributed by atoms with Crippen molar-refractivity contribution < 1.29 is 4.92 Å². The number of nitro groups is 1. The van der Waals surface area contributed by atoms with Gasteiger partial charge in [-0.25, -0.2) is 9.97 Å². The van der Waals surface area contributed by atoms with Crippen molar-refractivity contribution >= 4 is 17.3 Å². The highest BCUT2D eigenvalue weighted by Crippen LogP contribution is 2.29. The zero-order chi connectivity index (χ0) is 15.1. The van der Waals surface area contributed by atoms with Gasteiger partial charge in [0.2, 0.25) is 11.6 Å². The Bertz CT molecular complexity index is 450. The fraction of sp³-hybridized carbons (Fsp3) is 0.692. The molecule has 0 fully saturated rings. The molecule has 0 radical (unpaired) electrons. The number of anilines is 2. The fourth-order valence-electron chi connectivity index (χ4n) is 1.84. The van der Waals surface area contributed by atoms with Crippen LogP contribution in [0.4, 0.5) is 17.3 Å². The Morgan fingerprint density at radius 3 is 2.45 bits per heavy atom. The first kappa shape index (κ1) is 16.1. The minimum absolute atomic E-state index is 0.0919. The average molecular weight is 281 g/mol. The smallest absolute Gasteiger partial charge is 0.353 e. The van der Waals surface area contributed by atoms with E-state index in [1.54, 1.807) is 0 Å². The molecule has 0 aliphatic heterocycles. The van der Waals surface area contributed by atoms with Gasteiger partial charge in [0, 0.05) is 12.6 Å². The van der Waals surface area contributed by atoms with Crippen molar-refractivity contribution in [2.24, 2.45) is 5.92 Å². The van der Waals surface area contributed by atoms with Crippen LogP contribution in [0.15, 0.2) is 6.33 Å². The monoisotopic (exact) mass is 281 g/mol. The summed E-state index contributed by atoms with van der Waals surface area (Å²) in [4.78, 5) is 18.7. The van der Waals surface area contributed by atoms with Crippen LogP contribution in [0.2, 0.25) is 0 Å². The second kappa shape index (κ2) is 7.62. The zero-order valence-electron chi connectivity index (χ0n) is 12.5. The Labute approximate surface area is 119 Å². The number of nitrogens with one attached hydrogen (secondary N) is 2. The molecule has 112 valence electrons. The minimum atomic E-state index is -0.449. The van der Waals surface area contributed by atoms with Crippen molar-refractivity contribution in [3.8, 4) is 0 Å². The quantitative estimate of drug-likeness (QED) is 0.562. The molecule has 1 aromatic rings. The van der Waals surface area contributed by atoms with E-state index in [2.05, 4.69) is 34.4 Å². The third-order valence-corrected chi connectivity index (χ3v) is 2.91. The van der Waals surface area contributed by atoms with Crippen molar-refractivity contribution in [2.75, 3.05) is 17.2 Å². The number of rotatable bonds is 8. The summed E-state index contributed by atoms with van der Waals surface area (Å²) in [6.07, 6.45) is 3.34. The van der Waals surface area contributed by atoms with E-state index >= 15 is 0 Å². The van der Waals surface area contributed by atoms with Gasteiger partial charge in [-0.05, 0) is 32.6 Å². The van der Waals surface area contributed by atoms with Crippen LogP contribution in [0.1, 0.15) is 40.5 Å². The Hall–Kier alpha value is -1.92. The molecule has 0 spiro atoms. The lowest BCUT2D eigenvalue weighted by Crippen LogP contribution is -2.18. The first-order valence-electron chi connectivity index (χ1n) is 6.95. The summed E-state index contributed by atoms with van der Waals surface area (Å²) in [7, 11) is 0. The summed E-state index contributed by atoms with van der Waals surface area (Å²) in [5.74, 6) is 1.14. The van der Waals surface area contributed by atoms with Crippen molar-refractivity contribution in [3.05, 3.63) is 16.4 Å². The molecule has 0 amide bonds. The molecule has 7 nitrogen and oxygen atoms in total. The molecule has 0 aromatic carbocycles. The van der Waals surface area contributed by atoms with E-state index in [0.29, 0.717) is 12.5 Å². The molecule has 1 unspecified atom stereocenters. The van der Waals surface area contributed by atoms with Crippen LogP contribution < -0.4 is 10.6 Å². The van der Waals surface area contributed by atoms with E-state index in [-0.39, 0.29) is 23.4 Å². The maximum Gasteiger partial charge on any atom is 0.353 e. The van der Waals surface area contributed by atoms with Gasteiger partial charge in [0.1, 0.15) is 6.33 Å². The summed E-state index contributed by atoms with van der Waals surface area (Å²) >= 11 is 0. The number of hydrogen-bond acceptors (Lipinski definition) is 6. The average Bonchev–Trinajstić information content (AvgIpc) is 2.36. The van der Waals surface area contributed by atoms with Gasteiger partial charge in [-0.2, -0.15) is 0 Å². The predicted molar refractivity (Wildman–Crippen MR) is 80.0 cm³/mol. The highest BCUT2D eigenvalue weighted by Gasteiger charge is 2.23. The molecule has 1 atom stereocenters. The molecular formula is C13H23N5O2. The first-order chi connectivity index (χ1) is 9.45. The minimum Gasteiger partial charge on any atom is -0.364 e. The van der Waals surface area contributed by atoms with Crippen LogP contribution in [0.5, 0.6) is 0 Å². The maximum absolute atomic E-state index is 11.2. The van der Waals surface area contributed by atoms with Gasteiger partial charge in [-0.3, -0.25) is 10.1 Å². The first-order valence-corrected chi connectivity index (χ1v) is 6.95. The van der Waals surface area contributed by atoms with Crippen LogP contribution >= 0.6 is 0 Å². The third-order valence-electron chi connectivity index (χ3n) is 2.91. The van der Waals surface area contributed by atoms with Crippen molar-refractivity contribution in [2.45, 2.75) is 46.6 Å². The van der Waals surface area contributed by atoms with Crippen molar-refractivity contribution in [1.82, 2.24) is 9.97 Å². The molecule has 1 heterocycles. The Morgan fingerprint density at radius 1 is 1.25 bits per heavy atom. The van der Waals surface area contributed by atoms with Gasteiger partial charge in [0.25, 0.3) is 0 Å². The van der Waals surface area contributed by atoms with Crippen molar-refractivity contribution in [3.63, 3.8) is 0 Å². The molecule has 0 bridgehead atoms. The Kier molecular flexibility index (Phi) is 6.14. The molecule has 7 heteroatoms. The zero-order valence-corrected chi connectivity index (χ0v) is 12.5. The molecule has 2 N–H and O–H groups in total. The topological polar surface area (TPSA) is 93.0 Å². The molecular weight excluding hydrogens is 258 g/mol. The molecule has 1 aromatic heterocycles. The number of aromatic nitrogens is 2. The second-order valence-electron chi connectivity index (χ2n) is 5.22. The third kappa shape index (κ3) is 4.64. The van der Waals surface area contributed by atoms with E-state index in [1.807, 2.05) is 13.8 Å². The van der Waals surface area contributed by atoms with Crippen LogP contribution in [-0.4, -0.2) is 27.5 Å². The SMILES string of the molecule is CCNc1ncnc(NC(C)CCC(C)C)c1[N+](=O)[O-]. The van der Waals surface area contributed by atoms with Crippen LogP contribution in [0.25, 0.3) is 0 Å². The highest BCUT2D eigenvalue weighted by atomic mass is 16.6. The van der Waals surface area contributed by atoms with Crippen LogP contribution in [-0.2, 0) is 0 Å². The number of hydrogen-bond donors (Lipinski definition) is 2. The fourth-order valence-corrected chi connectivity index (χ4v) is 1.84. The summed E-state index contributed by atoms with van der Waals surface area (Å²) in [5.41, 5.74) is -0.0919. The molecule has 0 aliphatic carbocycles. The van der Waals surface area contributed by atoms with Crippen LogP contribution in [0.3, 0.4) is 0 Å². The van der Waals surface area contributed by atoms with E-state index in [0.717, 1.165) is 12.8 Å². The summed E-state index contributed by atoms with van der Waals surface area (Å²) in [6, 6.07) is 0.125. The molecule has 1 rings (SSSR count). The molecule has 20 heavy (non-hydrogen) atoms. The lowest BCUT2D eigenvalue weighted by molar-refractivity contribution is -0.383. The van der Waals surface area contributed by atoms with Crippen molar-refractivity contribution in [1.29, 1.82) is 0 Å². The number of nitrogens with zero attached hydrogens (tertiary/aromatic N) is 3. The highest BCUT2D eigenvalue weighted by molar-refractivity contribution is 5.69. The van der Waals surface area contributed by atoms with Gasteiger partial charge < -0.3 is 10.6 Å². The second-order valence-corrected chi connectivity index (χ2v) is 5.22. The summed E-state index contributed by atoms with van der Waals surface area (Å²) in [5, 5.41) is 17.2. The van der Waals surface area contributed by atoms with Gasteiger partial charge in [0.15, 0.2) is 0 Å². The lowest BCUT2D eigenvalue weighted by atomic mass is 10.0. The lowest BCUT2D eigenvalue weighted by Gasteiger charge is -2.16. The summed E-state index contributed by atoms with van der Waals surface area (Å²) < 4.78 is 0. The van der Waals surface area contributed by atoms with Gasteiger partial charge in [-0.15, -0.1) is 0 Å². The maximum atomic E-state index is 11.2. The van der Waals surface area contributed by atoms with Gasteiger partial charge in [-0.1, -0.05) is 13.8 Å². The molecule has 0 saturated carbocycles. The Balaban J connectivity index is 2.88. The summed E-state index contributed by atoms with van der Waals surface area (Å²) in [6.45, 7) is 8.75.